The number of hydrogen-bond acceptors (Lipinski definition) is 3. The molecule has 1 N–H and O–H groups in total. The van der Waals surface area contributed by atoms with Gasteiger partial charge in [0, 0.05) is 25.8 Å². The normalized spacial score (nSPS) is 10.3. The van der Waals surface area contributed by atoms with Gasteiger partial charge in [0.05, 0.1) is 6.61 Å². The van der Waals surface area contributed by atoms with Gasteiger partial charge in [-0.15, -0.1) is 0 Å². The van der Waals surface area contributed by atoms with Crippen molar-refractivity contribution < 1.29 is 14.2 Å². The van der Waals surface area contributed by atoms with Crippen molar-refractivity contribution in [2.75, 3.05) is 19.0 Å². The van der Waals surface area contributed by atoms with Crippen LogP contribution in [0.5, 0.6) is 11.5 Å². The average molecular weight is 261 g/mol. The van der Waals surface area contributed by atoms with Gasteiger partial charge in [0.15, 0.2) is 11.6 Å². The molecule has 2 aromatic carbocycles. The van der Waals surface area contributed by atoms with E-state index < -0.39 is 5.82 Å². The first-order chi connectivity index (χ1) is 9.10. The monoisotopic (exact) mass is 261 g/mol. The summed E-state index contributed by atoms with van der Waals surface area (Å²) < 4.78 is 19.3. The summed E-state index contributed by atoms with van der Waals surface area (Å²) in [7, 11) is 3.85. The first-order valence-electron chi connectivity index (χ1n) is 5.94. The lowest BCUT2D eigenvalue weighted by Gasteiger charge is -2.14. The highest BCUT2D eigenvalue weighted by Gasteiger charge is 2.06. The number of rotatable bonds is 4. The van der Waals surface area contributed by atoms with Crippen molar-refractivity contribution in [3.05, 3.63) is 53.8 Å². The van der Waals surface area contributed by atoms with Crippen LogP contribution in [0.2, 0.25) is 0 Å². The van der Waals surface area contributed by atoms with Crippen LogP contribution in [-0.2, 0) is 6.61 Å². The fourth-order valence-corrected chi connectivity index (χ4v) is 1.68. The summed E-state index contributed by atoms with van der Waals surface area (Å²) in [4.78, 5) is 1.94. The third kappa shape index (κ3) is 3.23. The Morgan fingerprint density at radius 3 is 2.58 bits per heavy atom. The third-order valence-corrected chi connectivity index (χ3v) is 2.74. The lowest BCUT2D eigenvalue weighted by Crippen LogP contribution is -2.08. The number of benzene rings is 2. The van der Waals surface area contributed by atoms with E-state index >= 15 is 0 Å². The predicted molar refractivity (Wildman–Crippen MR) is 73.2 cm³/mol. The molecule has 0 spiro atoms. The van der Waals surface area contributed by atoms with Crippen LogP contribution in [0.15, 0.2) is 42.5 Å². The van der Waals surface area contributed by atoms with Crippen molar-refractivity contribution in [2.24, 2.45) is 0 Å². The van der Waals surface area contributed by atoms with E-state index in [1.165, 1.54) is 12.1 Å². The van der Waals surface area contributed by atoms with E-state index in [4.69, 9.17) is 9.84 Å². The van der Waals surface area contributed by atoms with Crippen molar-refractivity contribution in [1.82, 2.24) is 0 Å². The van der Waals surface area contributed by atoms with E-state index in [9.17, 15) is 4.39 Å². The average Bonchev–Trinajstić information content (AvgIpc) is 2.41. The maximum Gasteiger partial charge on any atom is 0.166 e. The molecule has 0 amide bonds. The molecule has 2 rings (SSSR count). The van der Waals surface area contributed by atoms with Crippen molar-refractivity contribution in [3.8, 4) is 11.5 Å². The van der Waals surface area contributed by atoms with E-state index in [-0.39, 0.29) is 12.4 Å². The van der Waals surface area contributed by atoms with E-state index in [2.05, 4.69) is 0 Å². The summed E-state index contributed by atoms with van der Waals surface area (Å²) in [5.74, 6) is 0.233. The second-order valence-corrected chi connectivity index (χ2v) is 4.42. The first kappa shape index (κ1) is 13.4. The number of aliphatic hydroxyl groups is 1. The fraction of sp³-hybridized carbons (Fsp3) is 0.200. The minimum atomic E-state index is -0.484. The zero-order valence-corrected chi connectivity index (χ0v) is 10.9. The zero-order valence-electron chi connectivity index (χ0n) is 10.9. The molecule has 3 nitrogen and oxygen atoms in total. The highest BCUT2D eigenvalue weighted by Crippen LogP contribution is 2.27. The maximum atomic E-state index is 13.7. The van der Waals surface area contributed by atoms with Crippen molar-refractivity contribution in [2.45, 2.75) is 6.61 Å². The molecular weight excluding hydrogens is 245 g/mol. The molecule has 0 aliphatic carbocycles. The molecule has 0 radical (unpaired) electrons. The molecular formula is C15H16FNO2. The van der Waals surface area contributed by atoms with E-state index in [1.54, 1.807) is 12.1 Å². The maximum absolute atomic E-state index is 13.7. The minimum Gasteiger partial charge on any atom is -0.454 e. The Balaban J connectivity index is 2.23. The van der Waals surface area contributed by atoms with Gasteiger partial charge in [-0.3, -0.25) is 0 Å². The SMILES string of the molecule is CN(C)c1cccc(Oc2ccc(CO)cc2F)c1. The molecule has 2 aromatic rings. The molecule has 0 aliphatic rings. The molecule has 100 valence electrons. The molecule has 0 saturated heterocycles. The molecule has 0 unspecified atom stereocenters. The zero-order chi connectivity index (χ0) is 13.8. The van der Waals surface area contributed by atoms with Crippen molar-refractivity contribution >= 4 is 5.69 Å². The summed E-state index contributed by atoms with van der Waals surface area (Å²) >= 11 is 0. The summed E-state index contributed by atoms with van der Waals surface area (Å²) in [6, 6.07) is 11.8. The number of nitrogens with zero attached hydrogens (tertiary/aromatic N) is 1. The molecule has 0 fully saturated rings. The largest absolute Gasteiger partial charge is 0.454 e. The molecule has 0 aromatic heterocycles. The Morgan fingerprint density at radius 2 is 1.95 bits per heavy atom. The van der Waals surface area contributed by atoms with Crippen LogP contribution in [0.4, 0.5) is 10.1 Å². The topological polar surface area (TPSA) is 32.7 Å². The van der Waals surface area contributed by atoms with Crippen LogP contribution in [-0.4, -0.2) is 19.2 Å². The van der Waals surface area contributed by atoms with Crippen LogP contribution in [0, 0.1) is 5.82 Å². The smallest absolute Gasteiger partial charge is 0.166 e. The Morgan fingerprint density at radius 1 is 1.16 bits per heavy atom. The summed E-state index contributed by atoms with van der Waals surface area (Å²) in [6.07, 6.45) is 0. The molecule has 19 heavy (non-hydrogen) atoms. The molecule has 0 aliphatic heterocycles. The van der Waals surface area contributed by atoms with Gasteiger partial charge in [0.1, 0.15) is 5.75 Å². The van der Waals surface area contributed by atoms with Crippen LogP contribution >= 0.6 is 0 Å². The second-order valence-electron chi connectivity index (χ2n) is 4.42. The second kappa shape index (κ2) is 5.71. The lowest BCUT2D eigenvalue weighted by molar-refractivity contribution is 0.281. The number of anilines is 1. The molecule has 0 heterocycles. The molecule has 4 heteroatoms. The number of halogens is 1. The molecule has 0 bridgehead atoms. The quantitative estimate of drug-likeness (QED) is 0.917. The number of ether oxygens (including phenoxy) is 1. The van der Waals surface area contributed by atoms with Crippen LogP contribution in [0.1, 0.15) is 5.56 Å². The van der Waals surface area contributed by atoms with Crippen LogP contribution < -0.4 is 9.64 Å². The van der Waals surface area contributed by atoms with Gasteiger partial charge in [-0.1, -0.05) is 12.1 Å². The Labute approximate surface area is 111 Å². The van der Waals surface area contributed by atoms with E-state index in [0.717, 1.165) is 5.69 Å². The molecule has 0 atom stereocenters. The Kier molecular flexibility index (Phi) is 4.02. The highest BCUT2D eigenvalue weighted by atomic mass is 19.1. The standard InChI is InChI=1S/C15H16FNO2/c1-17(2)12-4-3-5-13(9-12)19-15-7-6-11(10-18)8-14(15)16/h3-9,18H,10H2,1-2H3. The van der Waals surface area contributed by atoms with Gasteiger partial charge < -0.3 is 14.7 Å². The summed E-state index contributed by atoms with van der Waals surface area (Å²) in [5.41, 5.74) is 1.50. The number of aliphatic hydroxyl groups excluding tert-OH is 1. The van der Waals surface area contributed by atoms with Crippen LogP contribution in [0.25, 0.3) is 0 Å². The van der Waals surface area contributed by atoms with Gasteiger partial charge in [0.2, 0.25) is 0 Å². The third-order valence-electron chi connectivity index (χ3n) is 2.74. The predicted octanol–water partition coefficient (Wildman–Crippen LogP) is 3.18. The fourth-order valence-electron chi connectivity index (χ4n) is 1.68. The van der Waals surface area contributed by atoms with Gasteiger partial charge >= 0.3 is 0 Å². The van der Waals surface area contributed by atoms with Gasteiger partial charge in [0.25, 0.3) is 0 Å². The minimum absolute atomic E-state index is 0.146. The first-order valence-corrected chi connectivity index (χ1v) is 5.94. The van der Waals surface area contributed by atoms with Gasteiger partial charge in [-0.2, -0.15) is 0 Å². The highest BCUT2D eigenvalue weighted by molar-refractivity contribution is 5.50. The molecule has 0 saturated carbocycles. The Bertz CT molecular complexity index is 570. The van der Waals surface area contributed by atoms with Crippen LogP contribution in [0.3, 0.4) is 0 Å². The summed E-state index contributed by atoms with van der Waals surface area (Å²) in [5, 5.41) is 8.93. The van der Waals surface area contributed by atoms with Crippen molar-refractivity contribution in [1.29, 1.82) is 0 Å². The van der Waals surface area contributed by atoms with E-state index in [0.29, 0.717) is 11.3 Å². The summed E-state index contributed by atoms with van der Waals surface area (Å²) in [6.45, 7) is -0.187. The van der Waals surface area contributed by atoms with Gasteiger partial charge in [-0.25, -0.2) is 4.39 Å². The van der Waals surface area contributed by atoms with Gasteiger partial charge in [-0.05, 0) is 29.8 Å². The Hall–Kier alpha value is -2.07. The van der Waals surface area contributed by atoms with E-state index in [1.807, 2.05) is 37.2 Å². The van der Waals surface area contributed by atoms with Crippen molar-refractivity contribution in [3.63, 3.8) is 0 Å². The number of hydrogen-bond donors (Lipinski definition) is 1. The lowest BCUT2D eigenvalue weighted by atomic mass is 10.2.